The maximum absolute atomic E-state index is 11.3. The molecule has 1 fully saturated rings. The summed E-state index contributed by atoms with van der Waals surface area (Å²) in [5.41, 5.74) is 6.54. The number of halogens is 1. The van der Waals surface area contributed by atoms with Crippen molar-refractivity contribution in [2.45, 2.75) is 12.6 Å². The molecular formula is C12H17ClN2O2. The van der Waals surface area contributed by atoms with E-state index < -0.39 is 0 Å². The Morgan fingerprint density at radius 2 is 2.12 bits per heavy atom. The van der Waals surface area contributed by atoms with Crippen molar-refractivity contribution in [3.63, 3.8) is 0 Å². The second kappa shape index (κ2) is 6.59. The first-order valence-electron chi connectivity index (χ1n) is 5.42. The lowest BCUT2D eigenvalue weighted by Gasteiger charge is -2.33. The van der Waals surface area contributed by atoms with E-state index in [2.05, 4.69) is 4.90 Å². The summed E-state index contributed by atoms with van der Waals surface area (Å²) in [5, 5.41) is 0. The van der Waals surface area contributed by atoms with Crippen molar-refractivity contribution < 1.29 is 9.53 Å². The van der Waals surface area contributed by atoms with Crippen LogP contribution in [0, 0.1) is 0 Å². The van der Waals surface area contributed by atoms with E-state index in [9.17, 15) is 4.79 Å². The molecular weight excluding hydrogens is 240 g/mol. The second-order valence-electron chi connectivity index (χ2n) is 3.95. The third-order valence-corrected chi connectivity index (χ3v) is 2.80. The van der Waals surface area contributed by atoms with Crippen LogP contribution >= 0.6 is 12.4 Å². The zero-order chi connectivity index (χ0) is 11.4. The smallest absolute Gasteiger partial charge is 0.237 e. The summed E-state index contributed by atoms with van der Waals surface area (Å²) >= 11 is 0. The van der Waals surface area contributed by atoms with E-state index in [1.807, 2.05) is 30.3 Å². The number of nitrogens with two attached hydrogens (primary N) is 1. The average Bonchev–Trinajstić information content (AvgIpc) is 2.31. The summed E-state index contributed by atoms with van der Waals surface area (Å²) in [6.07, 6.45) is 0. The van der Waals surface area contributed by atoms with Crippen molar-refractivity contribution in [1.82, 2.24) is 4.90 Å². The predicted molar refractivity (Wildman–Crippen MR) is 67.9 cm³/mol. The van der Waals surface area contributed by atoms with Gasteiger partial charge in [-0.3, -0.25) is 9.69 Å². The summed E-state index contributed by atoms with van der Waals surface area (Å²) in [4.78, 5) is 13.3. The lowest BCUT2D eigenvalue weighted by molar-refractivity contribution is -0.129. The van der Waals surface area contributed by atoms with Crippen molar-refractivity contribution in [3.05, 3.63) is 35.9 Å². The molecule has 1 aliphatic heterocycles. The van der Waals surface area contributed by atoms with Gasteiger partial charge >= 0.3 is 0 Å². The predicted octanol–water partition coefficient (Wildman–Crippen LogP) is 0.794. The van der Waals surface area contributed by atoms with E-state index in [4.69, 9.17) is 10.5 Å². The van der Waals surface area contributed by atoms with E-state index in [1.165, 1.54) is 5.56 Å². The maximum atomic E-state index is 11.3. The minimum atomic E-state index is -0.310. The topological polar surface area (TPSA) is 55.6 Å². The first-order chi connectivity index (χ1) is 7.77. The van der Waals surface area contributed by atoms with Gasteiger partial charge in [0.2, 0.25) is 5.91 Å². The molecule has 2 rings (SSSR count). The highest BCUT2D eigenvalue weighted by atomic mass is 35.5. The number of nitrogens with zero attached hydrogens (tertiary/aromatic N) is 1. The van der Waals surface area contributed by atoms with Gasteiger partial charge in [-0.25, -0.2) is 0 Å². The molecule has 0 saturated carbocycles. The Hall–Kier alpha value is -1.10. The number of ether oxygens (including phenoxy) is 1. The molecule has 1 heterocycles. The van der Waals surface area contributed by atoms with Crippen molar-refractivity contribution >= 4 is 18.3 Å². The second-order valence-corrected chi connectivity index (χ2v) is 3.95. The summed E-state index contributed by atoms with van der Waals surface area (Å²) in [5.74, 6) is -0.310. The highest BCUT2D eigenvalue weighted by molar-refractivity contribution is 5.85. The Morgan fingerprint density at radius 3 is 2.76 bits per heavy atom. The third-order valence-electron chi connectivity index (χ3n) is 2.80. The van der Waals surface area contributed by atoms with Gasteiger partial charge in [0.1, 0.15) is 6.04 Å². The minimum absolute atomic E-state index is 0. The van der Waals surface area contributed by atoms with E-state index in [-0.39, 0.29) is 24.4 Å². The number of primary amides is 1. The molecule has 1 atom stereocenters. The van der Waals surface area contributed by atoms with E-state index >= 15 is 0 Å². The Balaban J connectivity index is 0.00000144. The average molecular weight is 257 g/mol. The lowest BCUT2D eigenvalue weighted by atomic mass is 10.1. The fraction of sp³-hybridized carbons (Fsp3) is 0.417. The molecule has 17 heavy (non-hydrogen) atoms. The quantitative estimate of drug-likeness (QED) is 0.870. The van der Waals surface area contributed by atoms with Crippen LogP contribution < -0.4 is 5.73 Å². The first-order valence-corrected chi connectivity index (χ1v) is 5.42. The molecule has 1 aliphatic rings. The van der Waals surface area contributed by atoms with Gasteiger partial charge in [-0.1, -0.05) is 30.3 Å². The van der Waals surface area contributed by atoms with Crippen molar-refractivity contribution in [3.8, 4) is 0 Å². The zero-order valence-electron chi connectivity index (χ0n) is 9.54. The summed E-state index contributed by atoms with van der Waals surface area (Å²) in [6, 6.07) is 9.77. The minimum Gasteiger partial charge on any atom is -0.378 e. The van der Waals surface area contributed by atoms with Gasteiger partial charge in [0, 0.05) is 13.1 Å². The van der Waals surface area contributed by atoms with Crippen molar-refractivity contribution in [1.29, 1.82) is 0 Å². The van der Waals surface area contributed by atoms with Crippen molar-refractivity contribution in [2.75, 3.05) is 19.8 Å². The van der Waals surface area contributed by atoms with Crippen LogP contribution in [0.5, 0.6) is 0 Å². The fourth-order valence-electron chi connectivity index (χ4n) is 1.91. The third kappa shape index (κ3) is 3.70. The number of benzene rings is 1. The van der Waals surface area contributed by atoms with Gasteiger partial charge in [0.15, 0.2) is 0 Å². The summed E-state index contributed by atoms with van der Waals surface area (Å²) < 4.78 is 5.27. The number of morpholine rings is 1. The van der Waals surface area contributed by atoms with E-state index in [1.54, 1.807) is 0 Å². The maximum Gasteiger partial charge on any atom is 0.237 e. The number of amides is 1. The standard InChI is InChI=1S/C12H16N2O2.ClH/c13-12(15)11-9-16-7-6-14(11)8-10-4-2-1-3-5-10;/h1-5,11H,6-9H2,(H2,13,15);1H. The molecule has 94 valence electrons. The van der Waals surface area contributed by atoms with Crippen LogP contribution in [0.4, 0.5) is 0 Å². The monoisotopic (exact) mass is 256 g/mol. The first kappa shape index (κ1) is 14.0. The number of hydrogen-bond acceptors (Lipinski definition) is 3. The Morgan fingerprint density at radius 1 is 1.41 bits per heavy atom. The van der Waals surface area contributed by atoms with Crippen LogP contribution in [-0.4, -0.2) is 36.6 Å². The van der Waals surface area contributed by atoms with E-state index in [0.717, 1.165) is 13.1 Å². The molecule has 1 saturated heterocycles. The molecule has 4 nitrogen and oxygen atoms in total. The van der Waals surface area contributed by atoms with Crippen LogP contribution in [0.3, 0.4) is 0 Å². The van der Waals surface area contributed by atoms with Crippen LogP contribution in [0.15, 0.2) is 30.3 Å². The molecule has 5 heteroatoms. The Bertz CT molecular complexity index is 359. The number of rotatable bonds is 3. The molecule has 2 N–H and O–H groups in total. The highest BCUT2D eigenvalue weighted by Gasteiger charge is 2.27. The van der Waals surface area contributed by atoms with Gasteiger partial charge in [0.25, 0.3) is 0 Å². The molecule has 1 unspecified atom stereocenters. The molecule has 0 bridgehead atoms. The molecule has 1 aromatic carbocycles. The van der Waals surface area contributed by atoms with Gasteiger partial charge in [-0.15, -0.1) is 12.4 Å². The van der Waals surface area contributed by atoms with Gasteiger partial charge < -0.3 is 10.5 Å². The fourth-order valence-corrected chi connectivity index (χ4v) is 1.91. The van der Waals surface area contributed by atoms with E-state index in [0.29, 0.717) is 13.2 Å². The Labute approximate surface area is 107 Å². The van der Waals surface area contributed by atoms with Gasteiger partial charge in [-0.05, 0) is 5.56 Å². The van der Waals surface area contributed by atoms with Gasteiger partial charge in [0.05, 0.1) is 13.2 Å². The lowest BCUT2D eigenvalue weighted by Crippen LogP contribution is -2.51. The molecule has 1 aromatic rings. The number of carbonyl (C=O) groups is 1. The molecule has 1 amide bonds. The number of hydrogen-bond donors (Lipinski definition) is 1. The molecule has 0 spiro atoms. The molecule has 0 aromatic heterocycles. The Kier molecular flexibility index (Phi) is 5.41. The van der Waals surface area contributed by atoms with Crippen LogP contribution in [-0.2, 0) is 16.1 Å². The summed E-state index contributed by atoms with van der Waals surface area (Å²) in [7, 11) is 0. The SMILES string of the molecule is Cl.NC(=O)C1COCCN1Cc1ccccc1. The van der Waals surface area contributed by atoms with Crippen LogP contribution in [0.1, 0.15) is 5.56 Å². The van der Waals surface area contributed by atoms with Crippen LogP contribution in [0.2, 0.25) is 0 Å². The van der Waals surface area contributed by atoms with Crippen LogP contribution in [0.25, 0.3) is 0 Å². The summed E-state index contributed by atoms with van der Waals surface area (Å²) in [6.45, 7) is 2.57. The zero-order valence-corrected chi connectivity index (χ0v) is 10.4. The normalized spacial score (nSPS) is 20.6. The highest BCUT2D eigenvalue weighted by Crippen LogP contribution is 2.11. The van der Waals surface area contributed by atoms with Gasteiger partial charge in [-0.2, -0.15) is 0 Å². The number of carbonyl (C=O) groups excluding carboxylic acids is 1. The largest absolute Gasteiger partial charge is 0.378 e. The molecule has 0 radical (unpaired) electrons. The molecule has 0 aliphatic carbocycles. The van der Waals surface area contributed by atoms with Crippen molar-refractivity contribution in [2.24, 2.45) is 5.73 Å².